The number of aliphatic hydroxyl groups is 1. The van der Waals surface area contributed by atoms with Gasteiger partial charge < -0.3 is 20.1 Å². The Bertz CT molecular complexity index is 1310. The van der Waals surface area contributed by atoms with Crippen LogP contribution in [0.15, 0.2) is 42.6 Å². The number of thiazole rings is 1. The van der Waals surface area contributed by atoms with Gasteiger partial charge in [0.25, 0.3) is 0 Å². The molecule has 1 amide bonds. The first-order valence-electron chi connectivity index (χ1n) is 12.4. The summed E-state index contributed by atoms with van der Waals surface area (Å²) >= 11 is 1.61. The molecule has 0 radical (unpaired) electrons. The number of fused-ring (bicyclic) bond motifs is 1. The third kappa shape index (κ3) is 5.00. The quantitative estimate of drug-likeness (QED) is 0.500. The maximum atomic E-state index is 12.5. The van der Waals surface area contributed by atoms with Crippen molar-refractivity contribution in [3.05, 3.63) is 59.3 Å². The first kappa shape index (κ1) is 24.4. The van der Waals surface area contributed by atoms with E-state index in [9.17, 15) is 15.2 Å². The van der Waals surface area contributed by atoms with Crippen molar-refractivity contribution in [2.45, 2.75) is 51.4 Å². The first-order chi connectivity index (χ1) is 17.4. The van der Waals surface area contributed by atoms with Gasteiger partial charge in [-0.2, -0.15) is 5.26 Å². The molecule has 1 saturated heterocycles. The number of carbonyl (C=O) groups is 1. The highest BCUT2D eigenvalue weighted by Gasteiger charge is 2.28. The number of aromatic nitrogens is 1. The van der Waals surface area contributed by atoms with E-state index < -0.39 is 6.10 Å². The van der Waals surface area contributed by atoms with Crippen LogP contribution < -0.4 is 10.1 Å². The number of hydrogen-bond acceptors (Lipinski definition) is 7. The number of β-amino-alcohol motifs (C(OH)–C–C–N with tert-alkyl or cyclic N) is 1. The lowest BCUT2D eigenvalue weighted by atomic mass is 10.0. The number of benzene rings is 2. The van der Waals surface area contributed by atoms with Gasteiger partial charge in [0.1, 0.15) is 16.8 Å². The summed E-state index contributed by atoms with van der Waals surface area (Å²) < 4.78 is 5.75. The summed E-state index contributed by atoms with van der Waals surface area (Å²) in [6, 6.07) is 14.3. The lowest BCUT2D eigenvalue weighted by Crippen LogP contribution is -2.38. The topological polar surface area (TPSA) is 98.5 Å². The van der Waals surface area contributed by atoms with Crippen molar-refractivity contribution in [1.29, 1.82) is 5.26 Å². The van der Waals surface area contributed by atoms with Gasteiger partial charge in [-0.05, 0) is 68.0 Å². The Labute approximate surface area is 215 Å². The van der Waals surface area contributed by atoms with Crippen molar-refractivity contribution >= 4 is 17.2 Å². The van der Waals surface area contributed by atoms with Gasteiger partial charge in [0, 0.05) is 30.9 Å². The summed E-state index contributed by atoms with van der Waals surface area (Å²) in [5.74, 6) is 0.636. The predicted molar refractivity (Wildman–Crippen MR) is 140 cm³/mol. The molecule has 7 nitrogen and oxygen atoms in total. The highest BCUT2D eigenvalue weighted by molar-refractivity contribution is 7.18. The van der Waals surface area contributed by atoms with Gasteiger partial charge in [-0.1, -0.05) is 18.2 Å². The smallest absolute Gasteiger partial charge is 0.236 e. The van der Waals surface area contributed by atoms with Crippen molar-refractivity contribution < 1.29 is 14.6 Å². The third-order valence-electron chi connectivity index (χ3n) is 6.77. The van der Waals surface area contributed by atoms with E-state index in [0.717, 1.165) is 28.3 Å². The molecule has 0 bridgehead atoms. The summed E-state index contributed by atoms with van der Waals surface area (Å²) in [7, 11) is 0. The monoisotopic (exact) mass is 502 g/mol. The van der Waals surface area contributed by atoms with Crippen LogP contribution in [0.25, 0.3) is 21.0 Å². The fourth-order valence-corrected chi connectivity index (χ4v) is 5.99. The summed E-state index contributed by atoms with van der Waals surface area (Å²) in [4.78, 5) is 20.0. The summed E-state index contributed by atoms with van der Waals surface area (Å²) in [5, 5.41) is 23.6. The van der Waals surface area contributed by atoms with Crippen LogP contribution in [0.1, 0.15) is 49.4 Å². The standard InChI is InChI=1S/C28H30N4O3S/c1-17(2)35-25-9-6-18(12-19(25)13-29)28-31-14-26(36-28)23-5-3-4-22-21(23)7-8-24(22)30-15-27(34)32-11-10-20(33)16-32/h3-6,9,12,14,17,20,24,30,33H,7-8,10-11,15-16H2,1-2H3/t20-,24+/m0/s1. The first-order valence-corrected chi connectivity index (χ1v) is 13.2. The number of nitriles is 1. The largest absolute Gasteiger partial charge is 0.490 e. The van der Waals surface area contributed by atoms with Crippen LogP contribution in [-0.4, -0.2) is 52.7 Å². The summed E-state index contributed by atoms with van der Waals surface area (Å²) in [6.45, 7) is 5.23. The molecule has 2 atom stereocenters. The minimum Gasteiger partial charge on any atom is -0.490 e. The molecule has 1 aliphatic heterocycles. The molecule has 1 aromatic heterocycles. The van der Waals surface area contributed by atoms with Crippen LogP contribution in [0.5, 0.6) is 5.75 Å². The Morgan fingerprint density at radius 2 is 2.19 bits per heavy atom. The second-order valence-corrected chi connectivity index (χ2v) is 10.7. The van der Waals surface area contributed by atoms with Crippen LogP contribution in [0, 0.1) is 11.3 Å². The molecule has 0 saturated carbocycles. The van der Waals surface area contributed by atoms with E-state index >= 15 is 0 Å². The molecule has 5 rings (SSSR count). The highest BCUT2D eigenvalue weighted by atomic mass is 32.1. The van der Waals surface area contributed by atoms with E-state index in [1.807, 2.05) is 38.2 Å². The van der Waals surface area contributed by atoms with Crippen molar-refractivity contribution in [1.82, 2.24) is 15.2 Å². The van der Waals surface area contributed by atoms with Gasteiger partial charge in [-0.3, -0.25) is 4.79 Å². The fourth-order valence-electron chi connectivity index (χ4n) is 5.03. The lowest BCUT2D eigenvalue weighted by Gasteiger charge is -2.19. The molecular formula is C28H30N4O3S. The van der Waals surface area contributed by atoms with Gasteiger partial charge >= 0.3 is 0 Å². The van der Waals surface area contributed by atoms with Crippen LogP contribution in [0.2, 0.25) is 0 Å². The summed E-state index contributed by atoms with van der Waals surface area (Å²) in [5.41, 5.74) is 5.11. The molecule has 0 unspecified atom stereocenters. The van der Waals surface area contributed by atoms with Crippen LogP contribution in [-0.2, 0) is 11.2 Å². The maximum Gasteiger partial charge on any atom is 0.236 e. The second-order valence-electron chi connectivity index (χ2n) is 9.65. The SMILES string of the molecule is CC(C)Oc1ccc(-c2ncc(-c3cccc4c3CC[C@H]4NCC(=O)N3CC[C@H](O)C3)s2)cc1C#N. The number of amides is 1. The van der Waals surface area contributed by atoms with Crippen molar-refractivity contribution in [2.24, 2.45) is 0 Å². The summed E-state index contributed by atoms with van der Waals surface area (Å²) in [6.07, 6.45) is 4.04. The van der Waals surface area contributed by atoms with Gasteiger partial charge in [0.2, 0.25) is 5.91 Å². The van der Waals surface area contributed by atoms with Gasteiger partial charge in [0.05, 0.1) is 29.2 Å². The maximum absolute atomic E-state index is 12.5. The number of nitrogens with zero attached hydrogens (tertiary/aromatic N) is 3. The fraction of sp³-hybridized carbons (Fsp3) is 0.393. The Kier molecular flexibility index (Phi) is 7.06. The molecule has 1 fully saturated rings. The number of nitrogens with one attached hydrogen (secondary N) is 1. The molecule has 1 aliphatic carbocycles. The second kappa shape index (κ2) is 10.4. The van der Waals surface area contributed by atoms with E-state index in [1.165, 1.54) is 16.7 Å². The van der Waals surface area contributed by atoms with Crippen molar-refractivity contribution in [3.63, 3.8) is 0 Å². The average molecular weight is 503 g/mol. The Morgan fingerprint density at radius 1 is 1.33 bits per heavy atom. The zero-order valence-electron chi connectivity index (χ0n) is 20.5. The number of hydrogen-bond donors (Lipinski definition) is 2. The highest BCUT2D eigenvalue weighted by Crippen LogP contribution is 2.41. The van der Waals surface area contributed by atoms with Gasteiger partial charge in [0.15, 0.2) is 0 Å². The van der Waals surface area contributed by atoms with E-state index in [4.69, 9.17) is 4.74 Å². The zero-order valence-corrected chi connectivity index (χ0v) is 21.3. The minimum atomic E-state index is -0.397. The average Bonchev–Trinajstić information content (AvgIpc) is 3.62. The molecule has 2 N–H and O–H groups in total. The normalized spacial score (nSPS) is 18.9. The molecule has 3 aromatic rings. The molecule has 36 heavy (non-hydrogen) atoms. The van der Waals surface area contributed by atoms with Crippen LogP contribution in [0.4, 0.5) is 0 Å². The zero-order chi connectivity index (χ0) is 25.2. The number of aliphatic hydroxyl groups excluding tert-OH is 1. The molecular weight excluding hydrogens is 472 g/mol. The molecule has 186 valence electrons. The van der Waals surface area contributed by atoms with Crippen molar-refractivity contribution in [2.75, 3.05) is 19.6 Å². The van der Waals surface area contributed by atoms with Crippen molar-refractivity contribution in [3.8, 4) is 32.8 Å². The number of likely N-dealkylation sites (tertiary alicyclic amines) is 1. The number of ether oxygens (including phenoxy) is 1. The Balaban J connectivity index is 1.32. The van der Waals surface area contributed by atoms with E-state index in [1.54, 1.807) is 16.2 Å². The Hall–Kier alpha value is -3.25. The van der Waals surface area contributed by atoms with E-state index in [0.29, 0.717) is 30.8 Å². The van der Waals surface area contributed by atoms with Crippen LogP contribution >= 0.6 is 11.3 Å². The predicted octanol–water partition coefficient (Wildman–Crippen LogP) is 4.31. The minimum absolute atomic E-state index is 0.000793. The number of carbonyl (C=O) groups excluding carboxylic acids is 1. The van der Waals surface area contributed by atoms with Gasteiger partial charge in [-0.25, -0.2) is 4.98 Å². The van der Waals surface area contributed by atoms with Crippen LogP contribution in [0.3, 0.4) is 0 Å². The van der Waals surface area contributed by atoms with E-state index in [-0.39, 0.29) is 24.6 Å². The molecule has 8 heteroatoms. The molecule has 0 spiro atoms. The molecule has 2 aromatic carbocycles. The van der Waals surface area contributed by atoms with E-state index in [2.05, 4.69) is 34.6 Å². The lowest BCUT2D eigenvalue weighted by molar-refractivity contribution is -0.129. The van der Waals surface area contributed by atoms with Gasteiger partial charge in [-0.15, -0.1) is 11.3 Å². The third-order valence-corrected chi connectivity index (χ3v) is 7.85. The Morgan fingerprint density at radius 3 is 2.94 bits per heavy atom. The number of rotatable bonds is 7. The molecule has 2 aliphatic rings. The molecule has 2 heterocycles.